The first kappa shape index (κ1) is 27.2. The first-order valence-electron chi connectivity index (χ1n) is 10.4. The van der Waals surface area contributed by atoms with Crippen LogP contribution in [-0.2, 0) is 19.1 Å². The van der Waals surface area contributed by atoms with Gasteiger partial charge in [-0.1, -0.05) is 16.1 Å². The summed E-state index contributed by atoms with van der Waals surface area (Å²) < 4.78 is 49.3. The monoisotopic (exact) mass is 548 g/mol. The van der Waals surface area contributed by atoms with Crippen molar-refractivity contribution < 1.29 is 41.9 Å². The van der Waals surface area contributed by atoms with E-state index in [0.29, 0.717) is 23.2 Å². The summed E-state index contributed by atoms with van der Waals surface area (Å²) in [6.45, 7) is -1.28. The molecule has 36 heavy (non-hydrogen) atoms. The van der Waals surface area contributed by atoms with Crippen molar-refractivity contribution in [3.8, 4) is 0 Å². The van der Waals surface area contributed by atoms with Gasteiger partial charge in [-0.05, 0) is 36.4 Å². The van der Waals surface area contributed by atoms with Crippen molar-refractivity contribution >= 4 is 58.1 Å². The molecule has 4 amide bonds. The molecule has 15 heteroatoms. The largest absolute Gasteiger partial charge is 0.443 e. The third-order valence-electron chi connectivity index (χ3n) is 4.76. The van der Waals surface area contributed by atoms with Crippen LogP contribution < -0.4 is 20.7 Å². The molecule has 2 heterocycles. The van der Waals surface area contributed by atoms with Gasteiger partial charge in [-0.25, -0.2) is 13.6 Å². The Kier molecular flexibility index (Phi) is 9.50. The molecule has 0 spiro atoms. The Hall–Kier alpha value is -3.36. The summed E-state index contributed by atoms with van der Waals surface area (Å²) in [5, 5.41) is 4.04. The van der Waals surface area contributed by atoms with Crippen LogP contribution in [0.4, 0.5) is 29.4 Å². The summed E-state index contributed by atoms with van der Waals surface area (Å²) in [6, 6.07) is 6.48. The van der Waals surface area contributed by atoms with Gasteiger partial charge in [-0.3, -0.25) is 14.4 Å². The number of ether oxygens (including phenoxy) is 2. The lowest BCUT2D eigenvalue weighted by Gasteiger charge is -2.27. The summed E-state index contributed by atoms with van der Waals surface area (Å²) in [6.07, 6.45) is -4.36. The van der Waals surface area contributed by atoms with Crippen molar-refractivity contribution in [3.05, 3.63) is 45.6 Å². The minimum Gasteiger partial charge on any atom is -0.443 e. The number of amides is 4. The van der Waals surface area contributed by atoms with E-state index in [0.717, 1.165) is 11.3 Å². The Morgan fingerprint density at radius 3 is 2.53 bits per heavy atom. The highest BCUT2D eigenvalue weighted by atomic mass is 35.5. The number of halogens is 4. The van der Waals surface area contributed by atoms with Crippen LogP contribution in [0.25, 0.3) is 0 Å². The number of hydrogen-bond acceptors (Lipinski definition) is 7. The third kappa shape index (κ3) is 7.32. The smallest absolute Gasteiger partial charge is 0.408 e. The Bertz CT molecular complexity index is 1100. The van der Waals surface area contributed by atoms with E-state index in [9.17, 15) is 32.4 Å². The van der Waals surface area contributed by atoms with Crippen LogP contribution >= 0.6 is 22.9 Å². The topological polar surface area (TPSA) is 117 Å². The second-order valence-corrected chi connectivity index (χ2v) is 8.95. The number of rotatable bonds is 9. The first-order chi connectivity index (χ1) is 17.2. The fraction of sp³-hybridized carbons (Fsp3) is 0.333. The highest BCUT2D eigenvalue weighted by molar-refractivity contribution is 7.18. The number of anilines is 2. The fourth-order valence-corrected chi connectivity index (χ4v) is 4.02. The molecule has 1 atom stereocenters. The second-order valence-electron chi connectivity index (χ2n) is 7.23. The van der Waals surface area contributed by atoms with E-state index in [1.54, 1.807) is 0 Å². The maximum absolute atomic E-state index is 15.0. The van der Waals surface area contributed by atoms with Crippen molar-refractivity contribution in [2.75, 3.05) is 42.9 Å². The molecule has 0 aliphatic carbocycles. The molecule has 1 aliphatic heterocycles. The lowest BCUT2D eigenvalue weighted by atomic mass is 10.2. The first-order valence-corrected chi connectivity index (χ1v) is 11.6. The third-order valence-corrected chi connectivity index (χ3v) is 5.99. The predicted molar refractivity (Wildman–Crippen MR) is 124 cm³/mol. The number of alkyl halides is 2. The van der Waals surface area contributed by atoms with Crippen LogP contribution in [0, 0.1) is 0 Å². The minimum absolute atomic E-state index is 0.0894. The molecule has 194 valence electrons. The number of benzene rings is 1. The number of alkyl carbamates (subject to hydrolysis) is 1. The van der Waals surface area contributed by atoms with Crippen molar-refractivity contribution in [1.29, 1.82) is 0 Å². The predicted octanol–water partition coefficient (Wildman–Crippen LogP) is 2.77. The minimum atomic E-state index is -2.96. The molecule has 1 fully saturated rings. The number of hydrogen-bond donors (Lipinski definition) is 2. The average Bonchev–Trinajstić information content (AvgIpc) is 3.31. The molecule has 2 aromatic rings. The molecule has 10 nitrogen and oxygen atoms in total. The Balaban J connectivity index is 1.70. The molecular formula is C21H20ClF3N4O6S. The highest BCUT2D eigenvalue weighted by Crippen LogP contribution is 2.23. The van der Waals surface area contributed by atoms with E-state index < -0.39 is 43.5 Å². The average molecular weight is 549 g/mol. The molecule has 0 unspecified atom stereocenters. The fourth-order valence-electron chi connectivity index (χ4n) is 3.06. The Morgan fingerprint density at radius 1 is 1.19 bits per heavy atom. The van der Waals surface area contributed by atoms with Gasteiger partial charge in [0.25, 0.3) is 24.1 Å². The van der Waals surface area contributed by atoms with Gasteiger partial charge in [0.2, 0.25) is 0 Å². The standard InChI is InChI=1S/C21H20ClF3N4O6S/c22-16-6-5-15(36-16)19(31)26-9-14(27-21(33)35-10-17(23)24)20(32)29(25)13-3-1-12(2-4-13)28-7-8-34-11-18(28)30/h1-6,14,17H,7-11H2,(H,26,31)(H,27,33)/t14-/m1/s1. The maximum atomic E-state index is 15.0. The van der Waals surface area contributed by atoms with Gasteiger partial charge in [-0.2, -0.15) is 0 Å². The molecule has 1 aromatic carbocycles. The summed E-state index contributed by atoms with van der Waals surface area (Å²) in [5.74, 6) is -2.25. The number of carbonyl (C=O) groups excluding carboxylic acids is 4. The highest BCUT2D eigenvalue weighted by Gasteiger charge is 2.30. The van der Waals surface area contributed by atoms with Crippen LogP contribution in [-0.4, -0.2) is 69.2 Å². The molecule has 1 saturated heterocycles. The van der Waals surface area contributed by atoms with E-state index in [-0.39, 0.29) is 28.2 Å². The number of morpholine rings is 1. The van der Waals surface area contributed by atoms with E-state index in [2.05, 4.69) is 10.1 Å². The molecule has 0 radical (unpaired) electrons. The van der Waals surface area contributed by atoms with Crippen LogP contribution in [0.3, 0.4) is 0 Å². The molecule has 0 bridgehead atoms. The number of nitrogens with one attached hydrogen (secondary N) is 2. The lowest BCUT2D eigenvalue weighted by Crippen LogP contribution is -2.52. The van der Waals surface area contributed by atoms with Crippen LogP contribution in [0.1, 0.15) is 9.67 Å². The van der Waals surface area contributed by atoms with Gasteiger partial charge in [-0.15, -0.1) is 16.5 Å². The number of nitrogens with zero attached hydrogens (tertiary/aromatic N) is 2. The SMILES string of the molecule is O=C(N[C@H](CNC(=O)c1ccc(Cl)s1)C(=O)N(F)c1ccc(N2CCOCC2=O)cc1)OCC(F)F. The van der Waals surface area contributed by atoms with Gasteiger partial charge < -0.3 is 25.0 Å². The number of carbonyl (C=O) groups is 4. The zero-order valence-electron chi connectivity index (χ0n) is 18.4. The van der Waals surface area contributed by atoms with E-state index in [1.165, 1.54) is 41.3 Å². The summed E-state index contributed by atoms with van der Waals surface area (Å²) in [5.41, 5.74) is 0.216. The lowest BCUT2D eigenvalue weighted by molar-refractivity contribution is -0.125. The molecule has 3 rings (SSSR count). The quantitative estimate of drug-likeness (QED) is 0.465. The Labute approximate surface area is 211 Å². The molecule has 1 aliphatic rings. The second kappa shape index (κ2) is 12.6. The maximum Gasteiger partial charge on any atom is 0.408 e. The van der Waals surface area contributed by atoms with Crippen LogP contribution in [0.2, 0.25) is 4.34 Å². The van der Waals surface area contributed by atoms with Gasteiger partial charge in [0.05, 0.1) is 21.5 Å². The molecule has 1 aromatic heterocycles. The summed E-state index contributed by atoms with van der Waals surface area (Å²) in [7, 11) is 0. The van der Waals surface area contributed by atoms with Crippen molar-refractivity contribution in [1.82, 2.24) is 10.6 Å². The summed E-state index contributed by atoms with van der Waals surface area (Å²) >= 11 is 6.74. The number of thiophene rings is 1. The van der Waals surface area contributed by atoms with Gasteiger partial charge in [0.1, 0.15) is 12.6 Å². The van der Waals surface area contributed by atoms with Gasteiger partial charge in [0.15, 0.2) is 6.61 Å². The van der Waals surface area contributed by atoms with Crippen LogP contribution in [0.15, 0.2) is 36.4 Å². The van der Waals surface area contributed by atoms with Gasteiger partial charge >= 0.3 is 6.09 Å². The van der Waals surface area contributed by atoms with E-state index in [1.807, 2.05) is 5.32 Å². The molecular weight excluding hydrogens is 529 g/mol. The van der Waals surface area contributed by atoms with E-state index in [4.69, 9.17) is 16.3 Å². The van der Waals surface area contributed by atoms with Crippen molar-refractivity contribution in [2.45, 2.75) is 12.5 Å². The van der Waals surface area contributed by atoms with Gasteiger partial charge in [0, 0.05) is 18.8 Å². The zero-order chi connectivity index (χ0) is 26.2. The van der Waals surface area contributed by atoms with E-state index >= 15 is 0 Å². The summed E-state index contributed by atoms with van der Waals surface area (Å²) in [4.78, 5) is 50.5. The molecule has 2 N–H and O–H groups in total. The van der Waals surface area contributed by atoms with Crippen LogP contribution in [0.5, 0.6) is 0 Å². The molecule has 0 saturated carbocycles. The Morgan fingerprint density at radius 2 is 1.92 bits per heavy atom. The zero-order valence-corrected chi connectivity index (χ0v) is 20.0. The van der Waals surface area contributed by atoms with Crippen molar-refractivity contribution in [3.63, 3.8) is 0 Å². The normalized spacial score (nSPS) is 14.4. The van der Waals surface area contributed by atoms with Crippen molar-refractivity contribution in [2.24, 2.45) is 0 Å².